The lowest BCUT2D eigenvalue weighted by molar-refractivity contribution is -0.154. The Labute approximate surface area is 242 Å². The van der Waals surface area contributed by atoms with Crippen molar-refractivity contribution in [3.05, 3.63) is 12.2 Å². The van der Waals surface area contributed by atoms with Gasteiger partial charge in [-0.1, -0.05) is 96.6 Å². The van der Waals surface area contributed by atoms with Gasteiger partial charge in [0.25, 0.3) is 0 Å². The molecule has 0 saturated carbocycles. The van der Waals surface area contributed by atoms with Crippen molar-refractivity contribution in [1.29, 1.82) is 0 Å². The van der Waals surface area contributed by atoms with Gasteiger partial charge in [0.1, 0.15) is 12.1 Å². The van der Waals surface area contributed by atoms with Gasteiger partial charge in [0.15, 0.2) is 0 Å². The molecule has 0 aliphatic heterocycles. The minimum absolute atomic E-state index is 0.0154. The smallest absolute Gasteiger partial charge is 0.472 e. The van der Waals surface area contributed by atoms with Gasteiger partial charge in [-0.05, 0) is 32.1 Å². The summed E-state index contributed by atoms with van der Waals surface area (Å²) in [6, 6.07) is -1.47. The van der Waals surface area contributed by atoms with Crippen molar-refractivity contribution in [2.45, 2.75) is 135 Å². The highest BCUT2D eigenvalue weighted by Crippen LogP contribution is 2.43. The molecule has 3 atom stereocenters. The zero-order valence-corrected chi connectivity index (χ0v) is 25.8. The molecule has 0 aliphatic carbocycles. The highest BCUT2D eigenvalue weighted by atomic mass is 31.2. The zero-order chi connectivity index (χ0) is 29.9. The SMILES string of the molecule is CCC/C=C\CCCCCCCCOCC(COP(=O)(O)OCC(N)C(=O)O)OC(=O)CCCCCCCCC. The van der Waals surface area contributed by atoms with Crippen molar-refractivity contribution in [2.75, 3.05) is 26.4 Å². The Balaban J connectivity index is 4.39. The third-order valence-electron chi connectivity index (χ3n) is 6.28. The average molecular weight is 594 g/mol. The molecule has 0 fully saturated rings. The Morgan fingerprint density at radius 3 is 2.00 bits per heavy atom. The fraction of sp³-hybridized carbons (Fsp3) is 0.862. The number of phosphoric acid groups is 1. The van der Waals surface area contributed by atoms with E-state index in [1.807, 2.05) is 0 Å². The molecule has 0 aromatic carbocycles. The van der Waals surface area contributed by atoms with Crippen LogP contribution < -0.4 is 5.73 Å². The second-order valence-electron chi connectivity index (χ2n) is 10.2. The van der Waals surface area contributed by atoms with Crippen LogP contribution in [0.4, 0.5) is 0 Å². The molecular weight excluding hydrogens is 537 g/mol. The molecule has 11 heteroatoms. The second kappa shape index (κ2) is 26.6. The van der Waals surface area contributed by atoms with E-state index in [0.717, 1.165) is 51.4 Å². The van der Waals surface area contributed by atoms with E-state index in [1.165, 1.54) is 44.9 Å². The van der Waals surface area contributed by atoms with Crippen LogP contribution in [0.15, 0.2) is 12.2 Å². The van der Waals surface area contributed by atoms with Gasteiger partial charge in [-0.25, -0.2) is 4.57 Å². The van der Waals surface area contributed by atoms with Crippen LogP contribution in [0.1, 0.15) is 123 Å². The molecule has 0 radical (unpaired) electrons. The van der Waals surface area contributed by atoms with Crippen LogP contribution >= 0.6 is 7.82 Å². The second-order valence-corrected chi connectivity index (χ2v) is 11.7. The van der Waals surface area contributed by atoms with Crippen LogP contribution in [0.5, 0.6) is 0 Å². The minimum Gasteiger partial charge on any atom is -0.480 e. The molecule has 0 rings (SSSR count). The van der Waals surface area contributed by atoms with E-state index in [0.29, 0.717) is 13.0 Å². The number of ether oxygens (including phenoxy) is 2. The summed E-state index contributed by atoms with van der Waals surface area (Å²) in [7, 11) is -4.59. The lowest BCUT2D eigenvalue weighted by atomic mass is 10.1. The summed E-state index contributed by atoms with van der Waals surface area (Å²) in [5.74, 6) is -1.79. The summed E-state index contributed by atoms with van der Waals surface area (Å²) < 4.78 is 32.8. The highest BCUT2D eigenvalue weighted by Gasteiger charge is 2.27. The first-order valence-corrected chi connectivity index (χ1v) is 16.7. The third kappa shape index (κ3) is 25.7. The van der Waals surface area contributed by atoms with Gasteiger partial charge < -0.3 is 25.2 Å². The van der Waals surface area contributed by atoms with E-state index in [2.05, 4.69) is 30.5 Å². The first kappa shape index (κ1) is 38.7. The number of rotatable bonds is 29. The van der Waals surface area contributed by atoms with Crippen molar-refractivity contribution >= 4 is 19.8 Å². The first-order valence-electron chi connectivity index (χ1n) is 15.2. The summed E-state index contributed by atoms with van der Waals surface area (Å²) in [4.78, 5) is 33.0. The molecule has 3 unspecified atom stereocenters. The van der Waals surface area contributed by atoms with Gasteiger partial charge >= 0.3 is 19.8 Å². The molecule has 10 nitrogen and oxygen atoms in total. The Morgan fingerprint density at radius 2 is 1.35 bits per heavy atom. The van der Waals surface area contributed by atoms with Gasteiger partial charge in [-0.2, -0.15) is 0 Å². The number of carboxylic acid groups (broad SMARTS) is 1. The maximum Gasteiger partial charge on any atom is 0.472 e. The van der Waals surface area contributed by atoms with Crippen molar-refractivity contribution in [2.24, 2.45) is 5.73 Å². The fourth-order valence-electron chi connectivity index (χ4n) is 3.84. The number of carbonyl (C=O) groups excluding carboxylic acids is 1. The molecule has 0 bridgehead atoms. The molecule has 0 aliphatic rings. The molecule has 0 heterocycles. The van der Waals surface area contributed by atoms with E-state index in [-0.39, 0.29) is 13.0 Å². The zero-order valence-electron chi connectivity index (χ0n) is 24.9. The lowest BCUT2D eigenvalue weighted by Crippen LogP contribution is -2.34. The van der Waals surface area contributed by atoms with Gasteiger partial charge in [0, 0.05) is 13.0 Å². The topological polar surface area (TPSA) is 155 Å². The normalized spacial score (nSPS) is 14.7. The number of esters is 1. The van der Waals surface area contributed by atoms with Gasteiger partial charge in [0.2, 0.25) is 0 Å². The number of aliphatic carboxylic acids is 1. The maximum absolute atomic E-state index is 12.4. The summed E-state index contributed by atoms with van der Waals surface area (Å²) in [6.45, 7) is 3.72. The number of nitrogens with two attached hydrogens (primary N) is 1. The summed E-state index contributed by atoms with van der Waals surface area (Å²) in [5, 5.41) is 8.79. The fourth-order valence-corrected chi connectivity index (χ4v) is 4.62. The molecule has 0 amide bonds. The summed E-state index contributed by atoms with van der Waals surface area (Å²) in [6.07, 6.45) is 21.5. The van der Waals surface area contributed by atoms with Gasteiger partial charge in [-0.3, -0.25) is 18.6 Å². The molecule has 0 spiro atoms. The van der Waals surface area contributed by atoms with E-state index in [4.69, 9.17) is 24.8 Å². The van der Waals surface area contributed by atoms with Crippen molar-refractivity contribution < 1.29 is 42.7 Å². The Hall–Kier alpha value is -1.29. The van der Waals surface area contributed by atoms with Crippen LogP contribution in [0.2, 0.25) is 0 Å². The molecule has 0 aromatic rings. The van der Waals surface area contributed by atoms with Crippen LogP contribution in [-0.2, 0) is 32.7 Å². The first-order chi connectivity index (χ1) is 19.2. The number of unbranched alkanes of at least 4 members (excludes halogenated alkanes) is 13. The third-order valence-corrected chi connectivity index (χ3v) is 7.23. The van der Waals surface area contributed by atoms with E-state index in [9.17, 15) is 19.0 Å². The highest BCUT2D eigenvalue weighted by molar-refractivity contribution is 7.47. The number of allylic oxidation sites excluding steroid dienone is 2. The quantitative estimate of drug-likeness (QED) is 0.0370. The summed E-state index contributed by atoms with van der Waals surface area (Å²) >= 11 is 0. The van der Waals surface area contributed by atoms with Crippen molar-refractivity contribution in [3.8, 4) is 0 Å². The van der Waals surface area contributed by atoms with E-state index < -0.39 is 45.1 Å². The van der Waals surface area contributed by atoms with Crippen molar-refractivity contribution in [3.63, 3.8) is 0 Å². The molecule has 0 aromatic heterocycles. The Morgan fingerprint density at radius 1 is 0.775 bits per heavy atom. The average Bonchev–Trinajstić information content (AvgIpc) is 2.92. The number of carboxylic acids is 1. The monoisotopic (exact) mass is 593 g/mol. The molecule has 4 N–H and O–H groups in total. The molecule has 236 valence electrons. The van der Waals surface area contributed by atoms with E-state index >= 15 is 0 Å². The van der Waals surface area contributed by atoms with Gasteiger partial charge in [-0.15, -0.1) is 0 Å². The van der Waals surface area contributed by atoms with Gasteiger partial charge in [0.05, 0.1) is 19.8 Å². The lowest BCUT2D eigenvalue weighted by Gasteiger charge is -2.20. The number of hydrogen-bond acceptors (Lipinski definition) is 8. The molecule has 0 saturated heterocycles. The molecule has 40 heavy (non-hydrogen) atoms. The largest absolute Gasteiger partial charge is 0.480 e. The number of carbonyl (C=O) groups is 2. The van der Waals surface area contributed by atoms with Crippen molar-refractivity contribution in [1.82, 2.24) is 0 Å². The molecular formula is C29H56NO9P. The Kier molecular flexibility index (Phi) is 25.7. The maximum atomic E-state index is 12.4. The summed E-state index contributed by atoms with van der Waals surface area (Å²) in [5.41, 5.74) is 5.29. The van der Waals surface area contributed by atoms with Crippen LogP contribution in [0.3, 0.4) is 0 Å². The van der Waals surface area contributed by atoms with Crippen LogP contribution in [-0.4, -0.2) is 60.5 Å². The number of phosphoric ester groups is 1. The van der Waals surface area contributed by atoms with E-state index in [1.54, 1.807) is 0 Å². The Bertz CT molecular complexity index is 705. The predicted octanol–water partition coefficient (Wildman–Crippen LogP) is 6.69. The van der Waals surface area contributed by atoms with Crippen LogP contribution in [0.25, 0.3) is 0 Å². The minimum atomic E-state index is -4.59. The van der Waals surface area contributed by atoms with Crippen LogP contribution in [0, 0.1) is 0 Å². The number of hydrogen-bond donors (Lipinski definition) is 3. The predicted molar refractivity (Wildman–Crippen MR) is 157 cm³/mol. The standard InChI is InChI=1S/C29H56NO9P/c1-3-5-7-9-11-12-13-14-16-18-20-22-36-23-26(24-37-40(34,35)38-25-27(30)29(32)33)39-28(31)21-19-17-15-10-8-6-4-2/h7,9,26-27H,3-6,8,10-25,30H2,1-2H3,(H,32,33)(H,34,35)/b9-7-.